The number of nitrogens with one attached hydrogen (secondary N) is 2. The van der Waals surface area contributed by atoms with Crippen molar-refractivity contribution < 1.29 is 4.79 Å². The smallest absolute Gasteiger partial charge is 0.251 e. The van der Waals surface area contributed by atoms with E-state index in [1.165, 1.54) is 0 Å². The van der Waals surface area contributed by atoms with E-state index in [0.29, 0.717) is 24.2 Å². The van der Waals surface area contributed by atoms with Crippen LogP contribution >= 0.6 is 0 Å². The minimum Gasteiger partial charge on any atom is -0.352 e. The summed E-state index contributed by atoms with van der Waals surface area (Å²) < 4.78 is 0. The first-order valence-electron chi connectivity index (χ1n) is 5.10. The highest BCUT2D eigenvalue weighted by molar-refractivity contribution is 5.97. The van der Waals surface area contributed by atoms with Crippen LogP contribution in [0.1, 0.15) is 16.8 Å². The van der Waals surface area contributed by atoms with E-state index in [9.17, 15) is 4.79 Å². The van der Waals surface area contributed by atoms with Crippen LogP contribution in [0.3, 0.4) is 0 Å². The van der Waals surface area contributed by atoms with Crippen LogP contribution in [0.5, 0.6) is 0 Å². The Hall–Kier alpha value is -1.95. The second-order valence-corrected chi connectivity index (χ2v) is 3.44. The Labute approximate surface area is 92.2 Å². The quantitative estimate of drug-likeness (QED) is 0.632. The number of carbonyl (C=O) groups is 1. The molecular weight excluding hydrogens is 206 g/mol. The molecule has 2 rings (SSSR count). The van der Waals surface area contributed by atoms with Crippen molar-refractivity contribution in [2.45, 2.75) is 6.42 Å². The van der Waals surface area contributed by atoms with Crippen LogP contribution in [-0.4, -0.2) is 34.4 Å². The average Bonchev–Trinajstić information content (AvgIpc) is 2.76. The number of H-pyrrole nitrogens is 1. The zero-order chi connectivity index (χ0) is 11.4. The lowest BCUT2D eigenvalue weighted by atomic mass is 10.2. The Kier molecular flexibility index (Phi) is 3.11. The SMILES string of the molecule is NCCCNC(=O)c1ccc2[nH]nnc2c1. The van der Waals surface area contributed by atoms with Crippen LogP contribution in [0.25, 0.3) is 11.0 Å². The zero-order valence-electron chi connectivity index (χ0n) is 8.73. The van der Waals surface area contributed by atoms with Gasteiger partial charge in [-0.3, -0.25) is 9.89 Å². The molecule has 0 fully saturated rings. The second kappa shape index (κ2) is 4.71. The first-order valence-corrected chi connectivity index (χ1v) is 5.10. The molecule has 0 spiro atoms. The van der Waals surface area contributed by atoms with Crippen LogP contribution in [0.4, 0.5) is 0 Å². The normalized spacial score (nSPS) is 10.6. The van der Waals surface area contributed by atoms with E-state index in [1.807, 2.05) is 0 Å². The number of hydrogen-bond acceptors (Lipinski definition) is 4. The number of benzene rings is 1. The molecule has 0 atom stereocenters. The Morgan fingerprint density at radius 1 is 1.50 bits per heavy atom. The van der Waals surface area contributed by atoms with Crippen LogP contribution in [0.2, 0.25) is 0 Å². The van der Waals surface area contributed by atoms with E-state index in [-0.39, 0.29) is 5.91 Å². The van der Waals surface area contributed by atoms with Gasteiger partial charge in [0.15, 0.2) is 0 Å². The standard InChI is InChI=1S/C10H13N5O/c11-4-1-5-12-10(16)7-2-3-8-9(6-7)14-15-13-8/h2-3,6H,1,4-5,11H2,(H,12,16)(H,13,14,15). The van der Waals surface area contributed by atoms with E-state index in [4.69, 9.17) is 5.73 Å². The Morgan fingerprint density at radius 2 is 2.38 bits per heavy atom. The van der Waals surface area contributed by atoms with Gasteiger partial charge >= 0.3 is 0 Å². The number of amides is 1. The maximum Gasteiger partial charge on any atom is 0.251 e. The third-order valence-corrected chi connectivity index (χ3v) is 2.25. The van der Waals surface area contributed by atoms with Gasteiger partial charge < -0.3 is 11.1 Å². The lowest BCUT2D eigenvalue weighted by molar-refractivity contribution is 0.0953. The minimum absolute atomic E-state index is 0.113. The summed E-state index contributed by atoms with van der Waals surface area (Å²) in [7, 11) is 0. The van der Waals surface area contributed by atoms with E-state index in [0.717, 1.165) is 11.9 Å². The lowest BCUT2D eigenvalue weighted by Gasteiger charge is -2.03. The number of carbonyl (C=O) groups excluding carboxylic acids is 1. The molecule has 1 amide bonds. The number of fused-ring (bicyclic) bond motifs is 1. The molecule has 0 aliphatic carbocycles. The van der Waals surface area contributed by atoms with Crippen molar-refractivity contribution in [3.63, 3.8) is 0 Å². The number of rotatable bonds is 4. The molecule has 1 aromatic carbocycles. The van der Waals surface area contributed by atoms with Crippen molar-refractivity contribution in [1.82, 2.24) is 20.7 Å². The van der Waals surface area contributed by atoms with Gasteiger partial charge in [0.25, 0.3) is 5.91 Å². The maximum absolute atomic E-state index is 11.7. The van der Waals surface area contributed by atoms with E-state index < -0.39 is 0 Å². The van der Waals surface area contributed by atoms with Gasteiger partial charge in [0.2, 0.25) is 0 Å². The number of aromatic amines is 1. The predicted octanol–water partition coefficient (Wildman–Crippen LogP) is 0.0365. The molecule has 0 saturated heterocycles. The van der Waals surface area contributed by atoms with Crippen molar-refractivity contribution in [3.8, 4) is 0 Å². The third kappa shape index (κ3) is 2.17. The van der Waals surface area contributed by atoms with Gasteiger partial charge in [-0.25, -0.2) is 0 Å². The summed E-state index contributed by atoms with van der Waals surface area (Å²) in [6.07, 6.45) is 0.776. The molecule has 0 aliphatic heterocycles. The van der Waals surface area contributed by atoms with Crippen molar-refractivity contribution in [2.24, 2.45) is 5.73 Å². The summed E-state index contributed by atoms with van der Waals surface area (Å²) in [6, 6.07) is 5.23. The molecule has 6 nitrogen and oxygen atoms in total. The minimum atomic E-state index is -0.113. The van der Waals surface area contributed by atoms with Crippen molar-refractivity contribution in [3.05, 3.63) is 23.8 Å². The molecular formula is C10H13N5O. The molecule has 0 bridgehead atoms. The molecule has 1 heterocycles. The Bertz CT molecular complexity index is 493. The van der Waals surface area contributed by atoms with E-state index in [2.05, 4.69) is 20.7 Å². The van der Waals surface area contributed by atoms with Gasteiger partial charge in [-0.15, -0.1) is 5.10 Å². The first-order chi connectivity index (χ1) is 7.81. The van der Waals surface area contributed by atoms with Crippen LogP contribution in [0, 0.1) is 0 Å². The fraction of sp³-hybridized carbons (Fsp3) is 0.300. The van der Waals surface area contributed by atoms with Crippen molar-refractivity contribution in [1.29, 1.82) is 0 Å². The fourth-order valence-electron chi connectivity index (χ4n) is 1.39. The second-order valence-electron chi connectivity index (χ2n) is 3.44. The number of aromatic nitrogens is 3. The highest BCUT2D eigenvalue weighted by Gasteiger charge is 2.06. The highest BCUT2D eigenvalue weighted by Crippen LogP contribution is 2.10. The number of nitrogens with two attached hydrogens (primary N) is 1. The molecule has 16 heavy (non-hydrogen) atoms. The highest BCUT2D eigenvalue weighted by atomic mass is 16.1. The van der Waals surface area contributed by atoms with Gasteiger partial charge in [0.1, 0.15) is 5.52 Å². The molecule has 0 aliphatic rings. The summed E-state index contributed by atoms with van der Waals surface area (Å²) in [5.74, 6) is -0.113. The summed E-state index contributed by atoms with van der Waals surface area (Å²) in [5, 5.41) is 13.0. The summed E-state index contributed by atoms with van der Waals surface area (Å²) in [5.41, 5.74) is 7.43. The molecule has 4 N–H and O–H groups in total. The van der Waals surface area contributed by atoms with Crippen LogP contribution < -0.4 is 11.1 Å². The van der Waals surface area contributed by atoms with Gasteiger partial charge in [-0.2, -0.15) is 0 Å². The zero-order valence-corrected chi connectivity index (χ0v) is 8.73. The summed E-state index contributed by atoms with van der Waals surface area (Å²) in [6.45, 7) is 1.16. The largest absolute Gasteiger partial charge is 0.352 e. The monoisotopic (exact) mass is 219 g/mol. The van der Waals surface area contributed by atoms with E-state index in [1.54, 1.807) is 18.2 Å². The summed E-state index contributed by atoms with van der Waals surface area (Å²) in [4.78, 5) is 11.7. The van der Waals surface area contributed by atoms with Crippen molar-refractivity contribution in [2.75, 3.05) is 13.1 Å². The molecule has 0 unspecified atom stereocenters. The maximum atomic E-state index is 11.7. The predicted molar refractivity (Wildman–Crippen MR) is 59.9 cm³/mol. The average molecular weight is 219 g/mol. The molecule has 1 aromatic heterocycles. The van der Waals surface area contributed by atoms with Gasteiger partial charge in [-0.1, -0.05) is 5.21 Å². The fourth-order valence-corrected chi connectivity index (χ4v) is 1.39. The number of hydrogen-bond donors (Lipinski definition) is 3. The Morgan fingerprint density at radius 3 is 3.19 bits per heavy atom. The van der Waals surface area contributed by atoms with Crippen LogP contribution in [-0.2, 0) is 0 Å². The molecule has 0 saturated carbocycles. The third-order valence-electron chi connectivity index (χ3n) is 2.25. The van der Waals surface area contributed by atoms with E-state index >= 15 is 0 Å². The van der Waals surface area contributed by atoms with Crippen molar-refractivity contribution >= 4 is 16.9 Å². The topological polar surface area (TPSA) is 96.7 Å². The van der Waals surface area contributed by atoms with Gasteiger partial charge in [0.05, 0.1) is 5.52 Å². The number of nitrogens with zero attached hydrogens (tertiary/aromatic N) is 2. The first kappa shape index (κ1) is 10.6. The van der Waals surface area contributed by atoms with Gasteiger partial charge in [-0.05, 0) is 31.2 Å². The van der Waals surface area contributed by atoms with Gasteiger partial charge in [0, 0.05) is 12.1 Å². The molecule has 6 heteroatoms. The Balaban J connectivity index is 2.10. The lowest BCUT2D eigenvalue weighted by Crippen LogP contribution is -2.25. The molecule has 84 valence electrons. The molecule has 0 radical (unpaired) electrons. The summed E-state index contributed by atoms with van der Waals surface area (Å²) >= 11 is 0. The van der Waals surface area contributed by atoms with Crippen LogP contribution in [0.15, 0.2) is 18.2 Å². The molecule has 2 aromatic rings.